The predicted octanol–water partition coefficient (Wildman–Crippen LogP) is 6.31. The molecule has 0 radical (unpaired) electrons. The molecule has 0 saturated carbocycles. The summed E-state index contributed by atoms with van der Waals surface area (Å²) in [5.74, 6) is 0.607. The lowest BCUT2D eigenvalue weighted by molar-refractivity contribution is -0.137. The maximum atomic E-state index is 13.5. The molecule has 3 heterocycles. The molecule has 7 nitrogen and oxygen atoms in total. The average molecular weight is 525 g/mol. The van der Waals surface area contributed by atoms with Gasteiger partial charge in [-0.25, -0.2) is 14.3 Å². The molecule has 1 aliphatic rings. The number of amides is 1. The second-order valence-corrected chi connectivity index (χ2v) is 10.1. The molecule has 1 unspecified atom stereocenters. The number of carbonyl (C=O) groups is 1. The van der Waals surface area contributed by atoms with Gasteiger partial charge in [0, 0.05) is 23.9 Å². The average Bonchev–Trinajstić information content (AvgIpc) is 3.30. The van der Waals surface area contributed by atoms with Crippen molar-refractivity contribution in [3.63, 3.8) is 0 Å². The number of methoxy groups -OCH3 is 1. The molecule has 0 saturated heterocycles. The smallest absolute Gasteiger partial charge is 0.416 e. The van der Waals surface area contributed by atoms with Gasteiger partial charge in [-0.15, -0.1) is 5.10 Å². The number of aromatic nitrogens is 3. The first kappa shape index (κ1) is 25.6. The van der Waals surface area contributed by atoms with E-state index >= 15 is 0 Å². The first-order valence-electron chi connectivity index (χ1n) is 12.1. The second-order valence-electron chi connectivity index (χ2n) is 10.1. The van der Waals surface area contributed by atoms with Crippen molar-refractivity contribution in [2.75, 3.05) is 13.7 Å². The van der Waals surface area contributed by atoms with Crippen molar-refractivity contribution in [2.45, 2.75) is 45.0 Å². The van der Waals surface area contributed by atoms with E-state index in [0.717, 1.165) is 23.3 Å². The number of rotatable bonds is 3. The van der Waals surface area contributed by atoms with E-state index in [1.165, 1.54) is 17.7 Å². The van der Waals surface area contributed by atoms with E-state index < -0.39 is 29.5 Å². The van der Waals surface area contributed by atoms with E-state index in [4.69, 9.17) is 14.5 Å². The SMILES string of the molecule is COc1ccc(C(F)(F)F)cc1-c1cccn2nc(C3c4ccccc4CCN3C(=O)OC(C)(C)C)nc12. The Hall–Kier alpha value is -4.08. The third-order valence-electron chi connectivity index (χ3n) is 6.35. The Bertz CT molecular complexity index is 1510. The Labute approximate surface area is 217 Å². The normalized spacial score (nSPS) is 15.9. The highest BCUT2D eigenvalue weighted by Crippen LogP contribution is 2.40. The maximum Gasteiger partial charge on any atom is 0.416 e. The zero-order valence-corrected chi connectivity index (χ0v) is 21.4. The third kappa shape index (κ3) is 4.78. The summed E-state index contributed by atoms with van der Waals surface area (Å²) in [4.78, 5) is 19.6. The van der Waals surface area contributed by atoms with Crippen molar-refractivity contribution in [2.24, 2.45) is 0 Å². The number of fused-ring (bicyclic) bond motifs is 2. The van der Waals surface area contributed by atoms with E-state index in [2.05, 4.69) is 5.10 Å². The number of pyridine rings is 1. The van der Waals surface area contributed by atoms with Crippen LogP contribution in [-0.2, 0) is 17.3 Å². The van der Waals surface area contributed by atoms with Crippen LogP contribution in [0.25, 0.3) is 16.8 Å². The molecule has 0 N–H and O–H groups in total. The molecule has 1 amide bonds. The highest BCUT2D eigenvalue weighted by molar-refractivity contribution is 5.82. The lowest BCUT2D eigenvalue weighted by atomic mass is 9.92. The molecule has 0 bridgehead atoms. The lowest BCUT2D eigenvalue weighted by Crippen LogP contribution is -2.43. The van der Waals surface area contributed by atoms with Crippen LogP contribution in [0.1, 0.15) is 49.3 Å². The molecule has 38 heavy (non-hydrogen) atoms. The standard InChI is InChI=1S/C28H27F3N4O3/c1-27(2,3)38-26(36)34-15-13-17-8-5-6-9-19(17)23(34)24-32-25-20(10-7-14-35(25)33-24)21-16-18(28(29,30)31)11-12-22(21)37-4/h5-12,14,16,23H,13,15H2,1-4H3. The zero-order chi connectivity index (χ0) is 27.2. The Morgan fingerprint density at radius 2 is 1.79 bits per heavy atom. The van der Waals surface area contributed by atoms with E-state index in [1.54, 1.807) is 44.0 Å². The van der Waals surface area contributed by atoms with Crippen molar-refractivity contribution in [3.8, 4) is 16.9 Å². The molecular weight excluding hydrogens is 497 g/mol. The highest BCUT2D eigenvalue weighted by Gasteiger charge is 2.37. The van der Waals surface area contributed by atoms with E-state index in [0.29, 0.717) is 30.0 Å². The Balaban J connectivity index is 1.67. The summed E-state index contributed by atoms with van der Waals surface area (Å²) >= 11 is 0. The fourth-order valence-electron chi connectivity index (χ4n) is 4.71. The molecule has 0 fully saturated rings. The van der Waals surface area contributed by atoms with Crippen molar-refractivity contribution < 1.29 is 27.4 Å². The molecule has 1 aliphatic heterocycles. The summed E-state index contributed by atoms with van der Waals surface area (Å²) in [5.41, 5.74) is 1.44. The van der Waals surface area contributed by atoms with Gasteiger partial charge in [-0.05, 0) is 68.7 Å². The van der Waals surface area contributed by atoms with Crippen LogP contribution in [0.15, 0.2) is 60.8 Å². The Morgan fingerprint density at radius 1 is 1.03 bits per heavy atom. The van der Waals surface area contributed by atoms with Gasteiger partial charge in [-0.2, -0.15) is 13.2 Å². The Morgan fingerprint density at radius 3 is 2.50 bits per heavy atom. The largest absolute Gasteiger partial charge is 0.496 e. The fourth-order valence-corrected chi connectivity index (χ4v) is 4.71. The van der Waals surface area contributed by atoms with E-state index in [9.17, 15) is 18.0 Å². The number of benzene rings is 2. The number of nitrogens with zero attached hydrogens (tertiary/aromatic N) is 4. The lowest BCUT2D eigenvalue weighted by Gasteiger charge is -2.36. The number of carbonyl (C=O) groups excluding carboxylic acids is 1. The first-order valence-corrected chi connectivity index (χ1v) is 12.1. The van der Waals surface area contributed by atoms with Crippen LogP contribution in [0.3, 0.4) is 0 Å². The second kappa shape index (κ2) is 9.34. The van der Waals surface area contributed by atoms with E-state index in [1.807, 2.05) is 24.3 Å². The molecule has 0 aliphatic carbocycles. The highest BCUT2D eigenvalue weighted by atomic mass is 19.4. The number of hydrogen-bond acceptors (Lipinski definition) is 5. The minimum atomic E-state index is -4.52. The summed E-state index contributed by atoms with van der Waals surface area (Å²) in [6, 6.07) is 13.8. The number of hydrogen-bond donors (Lipinski definition) is 0. The van der Waals surface area contributed by atoms with Gasteiger partial charge in [0.2, 0.25) is 0 Å². The summed E-state index contributed by atoms with van der Waals surface area (Å²) in [6.07, 6.45) is -2.70. The minimum absolute atomic E-state index is 0.236. The van der Waals surface area contributed by atoms with Crippen LogP contribution in [0, 0.1) is 0 Å². The zero-order valence-electron chi connectivity index (χ0n) is 21.4. The van der Waals surface area contributed by atoms with Gasteiger partial charge in [0.15, 0.2) is 11.5 Å². The van der Waals surface area contributed by atoms with Crippen LogP contribution < -0.4 is 4.74 Å². The number of ether oxygens (including phenoxy) is 2. The summed E-state index contributed by atoms with van der Waals surface area (Å²) in [6.45, 7) is 5.81. The van der Waals surface area contributed by atoms with E-state index in [-0.39, 0.29) is 11.3 Å². The van der Waals surface area contributed by atoms with Crippen molar-refractivity contribution >= 4 is 11.7 Å². The molecule has 198 valence electrons. The number of halogens is 3. The fraction of sp³-hybridized carbons (Fsp3) is 0.321. The molecular formula is C28H27F3N4O3. The van der Waals surface area contributed by atoms with Crippen LogP contribution in [0.5, 0.6) is 5.75 Å². The first-order chi connectivity index (χ1) is 18.0. The van der Waals surface area contributed by atoms with Crippen molar-refractivity contribution in [1.29, 1.82) is 0 Å². The van der Waals surface area contributed by atoms with Gasteiger partial charge in [0.05, 0.1) is 12.7 Å². The summed E-state index contributed by atoms with van der Waals surface area (Å²) in [5, 5.41) is 4.67. The molecule has 1 atom stereocenters. The predicted molar refractivity (Wildman–Crippen MR) is 135 cm³/mol. The maximum absolute atomic E-state index is 13.5. The summed E-state index contributed by atoms with van der Waals surface area (Å²) in [7, 11) is 1.40. The van der Waals surface area contributed by atoms with Crippen LogP contribution in [0.2, 0.25) is 0 Å². The third-order valence-corrected chi connectivity index (χ3v) is 6.35. The number of alkyl halides is 3. The Kier molecular flexibility index (Phi) is 6.28. The van der Waals surface area contributed by atoms with Gasteiger partial charge < -0.3 is 9.47 Å². The summed E-state index contributed by atoms with van der Waals surface area (Å²) < 4.78 is 53.2. The molecule has 5 rings (SSSR count). The van der Waals surface area contributed by atoms with Gasteiger partial charge in [0.25, 0.3) is 0 Å². The molecule has 0 spiro atoms. The molecule has 2 aromatic carbocycles. The van der Waals surface area contributed by atoms with Gasteiger partial charge in [0.1, 0.15) is 17.4 Å². The van der Waals surface area contributed by atoms with Gasteiger partial charge >= 0.3 is 12.3 Å². The van der Waals surface area contributed by atoms with Crippen molar-refractivity contribution in [3.05, 3.63) is 83.3 Å². The van der Waals surface area contributed by atoms with Gasteiger partial charge in [-0.3, -0.25) is 4.90 Å². The van der Waals surface area contributed by atoms with Gasteiger partial charge in [-0.1, -0.05) is 24.3 Å². The molecule has 10 heteroatoms. The van der Waals surface area contributed by atoms with Crippen LogP contribution in [0.4, 0.5) is 18.0 Å². The van der Waals surface area contributed by atoms with Crippen LogP contribution in [-0.4, -0.2) is 44.8 Å². The van der Waals surface area contributed by atoms with Crippen LogP contribution >= 0.6 is 0 Å². The minimum Gasteiger partial charge on any atom is -0.496 e. The quantitative estimate of drug-likeness (QED) is 0.314. The molecule has 4 aromatic rings. The monoisotopic (exact) mass is 524 g/mol. The van der Waals surface area contributed by atoms with Crippen molar-refractivity contribution in [1.82, 2.24) is 19.5 Å². The topological polar surface area (TPSA) is 69.0 Å². The molecule has 2 aromatic heterocycles.